The van der Waals surface area contributed by atoms with Gasteiger partial charge in [0.2, 0.25) is 0 Å². The fourth-order valence-electron chi connectivity index (χ4n) is 6.82. The average molecular weight is 439 g/mol. The van der Waals surface area contributed by atoms with E-state index in [9.17, 15) is 4.79 Å². The Labute approximate surface area is 195 Å². The van der Waals surface area contributed by atoms with E-state index in [4.69, 9.17) is 9.47 Å². The van der Waals surface area contributed by atoms with Gasteiger partial charge >= 0.3 is 5.97 Å². The number of rotatable bonds is 7. The first-order chi connectivity index (χ1) is 15.7. The van der Waals surface area contributed by atoms with Gasteiger partial charge in [-0.2, -0.15) is 0 Å². The number of allylic oxidation sites excluding steroid dienone is 1. The van der Waals surface area contributed by atoms with Gasteiger partial charge in [0.05, 0.1) is 5.92 Å². The van der Waals surface area contributed by atoms with Crippen LogP contribution >= 0.6 is 0 Å². The zero-order valence-electron chi connectivity index (χ0n) is 20.1. The van der Waals surface area contributed by atoms with E-state index < -0.39 is 0 Å². The topological polar surface area (TPSA) is 35.5 Å². The molecule has 3 aliphatic carbocycles. The summed E-state index contributed by atoms with van der Waals surface area (Å²) in [5.41, 5.74) is 0. The lowest BCUT2D eigenvalue weighted by molar-refractivity contribution is -0.144. The highest BCUT2D eigenvalue weighted by molar-refractivity contribution is 5.75. The standard InChI is InChI=1S/C29H42O3/c1-3-5-19-31-25-14-16-26(17-15-25)32-29(30)28-8-6-7-24-20-23(13-18-27(24)28)22-11-9-21(4-2)10-12-22/h3,5,14-17,21-24,27-28H,4,6-13,18-20H2,1-2H3/b5-3+. The second-order valence-corrected chi connectivity index (χ2v) is 10.5. The van der Waals surface area contributed by atoms with Crippen molar-refractivity contribution in [1.29, 1.82) is 0 Å². The molecule has 3 nitrogen and oxygen atoms in total. The van der Waals surface area contributed by atoms with Gasteiger partial charge in [0.1, 0.15) is 18.1 Å². The maximum atomic E-state index is 13.1. The maximum Gasteiger partial charge on any atom is 0.314 e. The summed E-state index contributed by atoms with van der Waals surface area (Å²) in [6.45, 7) is 4.89. The van der Waals surface area contributed by atoms with E-state index in [1.165, 1.54) is 64.2 Å². The van der Waals surface area contributed by atoms with Crippen LogP contribution < -0.4 is 9.47 Å². The summed E-state index contributed by atoms with van der Waals surface area (Å²) in [5.74, 6) is 5.59. The Bertz CT molecular complexity index is 744. The van der Waals surface area contributed by atoms with Crippen LogP contribution in [0.2, 0.25) is 0 Å². The largest absolute Gasteiger partial charge is 0.490 e. The first-order valence-electron chi connectivity index (χ1n) is 13.2. The van der Waals surface area contributed by atoms with Crippen molar-refractivity contribution >= 4 is 5.97 Å². The van der Waals surface area contributed by atoms with Gasteiger partial charge in [0.25, 0.3) is 0 Å². The zero-order valence-corrected chi connectivity index (χ0v) is 20.1. The molecule has 3 aliphatic rings. The molecule has 0 N–H and O–H groups in total. The predicted octanol–water partition coefficient (Wildman–Crippen LogP) is 7.60. The molecule has 32 heavy (non-hydrogen) atoms. The van der Waals surface area contributed by atoms with E-state index in [1.54, 1.807) is 0 Å². The lowest BCUT2D eigenvalue weighted by Crippen LogP contribution is -2.40. The Morgan fingerprint density at radius 3 is 2.34 bits per heavy atom. The molecule has 3 fully saturated rings. The van der Waals surface area contributed by atoms with E-state index in [0.29, 0.717) is 18.3 Å². The maximum absolute atomic E-state index is 13.1. The van der Waals surface area contributed by atoms with Crippen LogP contribution in [0.1, 0.15) is 84.5 Å². The summed E-state index contributed by atoms with van der Waals surface area (Å²) >= 11 is 0. The van der Waals surface area contributed by atoms with Crippen molar-refractivity contribution in [3.8, 4) is 11.5 Å². The highest BCUT2D eigenvalue weighted by Crippen LogP contribution is 2.50. The SMILES string of the molecule is C/C=C/COc1ccc(OC(=O)C2CCCC3CC(C4CCC(CC)CC4)CCC32)cc1. The molecule has 0 spiro atoms. The molecular formula is C29H42O3. The number of esters is 1. The fraction of sp³-hybridized carbons (Fsp3) is 0.690. The van der Waals surface area contributed by atoms with E-state index in [1.807, 2.05) is 43.3 Å². The molecule has 176 valence electrons. The molecule has 4 unspecified atom stereocenters. The van der Waals surface area contributed by atoms with Crippen molar-refractivity contribution in [2.75, 3.05) is 6.61 Å². The molecule has 4 atom stereocenters. The van der Waals surface area contributed by atoms with Gasteiger partial charge in [-0.25, -0.2) is 0 Å². The first-order valence-corrected chi connectivity index (χ1v) is 13.2. The molecule has 0 heterocycles. The second kappa shape index (κ2) is 11.4. The summed E-state index contributed by atoms with van der Waals surface area (Å²) in [5, 5.41) is 0. The van der Waals surface area contributed by atoms with Crippen molar-refractivity contribution < 1.29 is 14.3 Å². The number of hydrogen-bond donors (Lipinski definition) is 0. The van der Waals surface area contributed by atoms with Crippen molar-refractivity contribution in [3.63, 3.8) is 0 Å². The second-order valence-electron chi connectivity index (χ2n) is 10.5. The highest BCUT2D eigenvalue weighted by Gasteiger charge is 2.43. The Hall–Kier alpha value is -1.77. The number of fused-ring (bicyclic) bond motifs is 1. The molecule has 0 amide bonds. The van der Waals surface area contributed by atoms with Crippen LogP contribution in [-0.2, 0) is 4.79 Å². The molecule has 0 aromatic heterocycles. The van der Waals surface area contributed by atoms with Gasteiger partial charge in [-0.15, -0.1) is 0 Å². The summed E-state index contributed by atoms with van der Waals surface area (Å²) in [7, 11) is 0. The van der Waals surface area contributed by atoms with Crippen LogP contribution in [0.15, 0.2) is 36.4 Å². The Morgan fingerprint density at radius 1 is 0.906 bits per heavy atom. The highest BCUT2D eigenvalue weighted by atomic mass is 16.5. The Kier molecular flexibility index (Phi) is 8.32. The lowest BCUT2D eigenvalue weighted by Gasteiger charge is -2.46. The monoisotopic (exact) mass is 438 g/mol. The number of ether oxygens (including phenoxy) is 2. The van der Waals surface area contributed by atoms with Gasteiger partial charge in [0.15, 0.2) is 0 Å². The summed E-state index contributed by atoms with van der Waals surface area (Å²) in [6, 6.07) is 7.47. The number of carbonyl (C=O) groups excluding carboxylic acids is 1. The minimum Gasteiger partial charge on any atom is -0.490 e. The molecular weight excluding hydrogens is 396 g/mol. The van der Waals surface area contributed by atoms with Crippen LogP contribution in [0.3, 0.4) is 0 Å². The number of carbonyl (C=O) groups is 1. The molecule has 4 rings (SSSR count). The molecule has 1 aromatic carbocycles. The van der Waals surface area contributed by atoms with E-state index in [0.717, 1.165) is 35.8 Å². The van der Waals surface area contributed by atoms with E-state index in [-0.39, 0.29) is 11.9 Å². The van der Waals surface area contributed by atoms with Crippen molar-refractivity contribution in [2.24, 2.45) is 35.5 Å². The van der Waals surface area contributed by atoms with Gasteiger partial charge in [-0.3, -0.25) is 4.79 Å². The third-order valence-electron chi connectivity index (χ3n) is 8.75. The smallest absolute Gasteiger partial charge is 0.314 e. The third kappa shape index (κ3) is 5.77. The summed E-state index contributed by atoms with van der Waals surface area (Å²) in [6.07, 6.45) is 18.5. The zero-order chi connectivity index (χ0) is 22.3. The van der Waals surface area contributed by atoms with Gasteiger partial charge in [-0.1, -0.05) is 51.2 Å². The van der Waals surface area contributed by atoms with Crippen LogP contribution in [-0.4, -0.2) is 12.6 Å². The molecule has 0 saturated heterocycles. The first kappa shape index (κ1) is 23.4. The number of hydrogen-bond acceptors (Lipinski definition) is 3. The van der Waals surface area contributed by atoms with Crippen LogP contribution in [0.4, 0.5) is 0 Å². The normalized spacial score (nSPS) is 32.9. The minimum atomic E-state index is -0.0100. The molecule has 3 saturated carbocycles. The molecule has 0 radical (unpaired) electrons. The van der Waals surface area contributed by atoms with Crippen LogP contribution in [0.25, 0.3) is 0 Å². The van der Waals surface area contributed by atoms with Gasteiger partial charge in [0, 0.05) is 0 Å². The van der Waals surface area contributed by atoms with Crippen LogP contribution in [0.5, 0.6) is 11.5 Å². The van der Waals surface area contributed by atoms with Crippen molar-refractivity contribution in [3.05, 3.63) is 36.4 Å². The molecule has 3 heteroatoms. The number of benzene rings is 1. The van der Waals surface area contributed by atoms with Crippen LogP contribution in [0, 0.1) is 35.5 Å². The van der Waals surface area contributed by atoms with E-state index >= 15 is 0 Å². The summed E-state index contributed by atoms with van der Waals surface area (Å²) < 4.78 is 11.5. The summed E-state index contributed by atoms with van der Waals surface area (Å²) in [4.78, 5) is 13.1. The van der Waals surface area contributed by atoms with Gasteiger partial charge < -0.3 is 9.47 Å². The lowest BCUT2D eigenvalue weighted by atomic mass is 9.59. The average Bonchev–Trinajstić information content (AvgIpc) is 2.84. The quantitative estimate of drug-likeness (QED) is 0.250. The Morgan fingerprint density at radius 2 is 1.62 bits per heavy atom. The molecule has 0 bridgehead atoms. The van der Waals surface area contributed by atoms with Crippen molar-refractivity contribution in [1.82, 2.24) is 0 Å². The minimum absolute atomic E-state index is 0.0100. The van der Waals surface area contributed by atoms with Gasteiger partial charge in [-0.05, 0) is 99.3 Å². The van der Waals surface area contributed by atoms with E-state index in [2.05, 4.69) is 6.92 Å². The molecule has 0 aliphatic heterocycles. The third-order valence-corrected chi connectivity index (χ3v) is 8.75. The van der Waals surface area contributed by atoms with Crippen molar-refractivity contribution in [2.45, 2.75) is 84.5 Å². The fourth-order valence-corrected chi connectivity index (χ4v) is 6.82. The Balaban J connectivity index is 1.30. The molecule has 1 aromatic rings. The predicted molar refractivity (Wildman–Crippen MR) is 130 cm³/mol.